The number of thiophene rings is 1. The van der Waals surface area contributed by atoms with Gasteiger partial charge in [0.1, 0.15) is 6.04 Å². The van der Waals surface area contributed by atoms with Crippen LogP contribution in [0.15, 0.2) is 76.9 Å². The lowest BCUT2D eigenvalue weighted by atomic mass is 10.0. The lowest BCUT2D eigenvalue weighted by Gasteiger charge is -2.32. The fourth-order valence-corrected chi connectivity index (χ4v) is 6.02. The maximum atomic E-state index is 13.7. The number of nitrogens with one attached hydrogen (secondary N) is 1. The molecule has 2 aromatic carbocycles. The Morgan fingerprint density at radius 1 is 1.16 bits per heavy atom. The van der Waals surface area contributed by atoms with Gasteiger partial charge < -0.3 is 9.72 Å². The molecule has 3 aromatic heterocycles. The Kier molecular flexibility index (Phi) is 7.13. The highest BCUT2D eigenvalue weighted by atomic mass is 32.1. The van der Waals surface area contributed by atoms with Crippen molar-refractivity contribution in [1.82, 2.24) is 30.1 Å². The second kappa shape index (κ2) is 11.0. The lowest BCUT2D eigenvalue weighted by molar-refractivity contribution is 0.0578. The van der Waals surface area contributed by atoms with Crippen LogP contribution in [0.2, 0.25) is 0 Å². The van der Waals surface area contributed by atoms with E-state index in [1.807, 2.05) is 54.1 Å². The highest BCUT2D eigenvalue weighted by Gasteiger charge is 2.33. The number of nitrogens with zero attached hydrogens (tertiary/aromatic N) is 5. The zero-order chi connectivity index (χ0) is 25.9. The average Bonchev–Trinajstić information content (AvgIpc) is 3.71. The second-order valence-electron chi connectivity index (χ2n) is 9.82. The van der Waals surface area contributed by atoms with Gasteiger partial charge in [0.15, 0.2) is 5.82 Å². The van der Waals surface area contributed by atoms with Gasteiger partial charge in [0.05, 0.1) is 18.2 Å². The summed E-state index contributed by atoms with van der Waals surface area (Å²) in [5, 5.41) is 16.0. The van der Waals surface area contributed by atoms with Crippen molar-refractivity contribution < 1.29 is 4.74 Å². The maximum absolute atomic E-state index is 13.7. The molecule has 1 aliphatic rings. The summed E-state index contributed by atoms with van der Waals surface area (Å²) < 4.78 is 7.88. The zero-order valence-corrected chi connectivity index (χ0v) is 22.1. The molecule has 1 aliphatic heterocycles. The van der Waals surface area contributed by atoms with Crippen molar-refractivity contribution in [2.24, 2.45) is 0 Å². The molecule has 1 fully saturated rings. The number of hydrogen-bond acceptors (Lipinski definition) is 7. The van der Waals surface area contributed by atoms with Crippen molar-refractivity contribution in [3.05, 3.63) is 110 Å². The summed E-state index contributed by atoms with van der Waals surface area (Å²) in [6.07, 6.45) is 2.14. The van der Waals surface area contributed by atoms with Crippen LogP contribution in [0.3, 0.4) is 0 Å². The predicted octanol–water partition coefficient (Wildman–Crippen LogP) is 4.70. The van der Waals surface area contributed by atoms with Gasteiger partial charge in [-0.05, 0) is 64.2 Å². The molecule has 2 atom stereocenters. The van der Waals surface area contributed by atoms with Crippen molar-refractivity contribution >= 4 is 22.2 Å². The molecule has 4 heterocycles. The Labute approximate surface area is 224 Å². The van der Waals surface area contributed by atoms with E-state index in [4.69, 9.17) is 4.74 Å². The van der Waals surface area contributed by atoms with Crippen LogP contribution >= 0.6 is 11.3 Å². The molecule has 5 aromatic rings. The van der Waals surface area contributed by atoms with Crippen LogP contribution in [0.4, 0.5) is 0 Å². The van der Waals surface area contributed by atoms with E-state index in [1.54, 1.807) is 11.3 Å². The largest absolute Gasteiger partial charge is 0.377 e. The SMILES string of the molecule is Cc1cccc2cc(C(c3nnnn3Cc3ccccc3)N(Cc3cccs3)CC3CCCO3)c(=O)[nH]c12. The van der Waals surface area contributed by atoms with Crippen molar-refractivity contribution in [3.8, 4) is 0 Å². The van der Waals surface area contributed by atoms with Gasteiger partial charge in [-0.25, -0.2) is 4.68 Å². The van der Waals surface area contributed by atoms with Gasteiger partial charge in [-0.3, -0.25) is 9.69 Å². The van der Waals surface area contributed by atoms with Crippen LogP contribution in [0.1, 0.15) is 46.3 Å². The van der Waals surface area contributed by atoms with Crippen molar-refractivity contribution in [3.63, 3.8) is 0 Å². The summed E-state index contributed by atoms with van der Waals surface area (Å²) in [6, 6.07) is 21.9. The molecule has 0 saturated carbocycles. The summed E-state index contributed by atoms with van der Waals surface area (Å²) in [7, 11) is 0. The first-order valence-corrected chi connectivity index (χ1v) is 13.8. The number of H-pyrrole nitrogens is 1. The minimum absolute atomic E-state index is 0.0951. The molecule has 0 spiro atoms. The van der Waals surface area contributed by atoms with E-state index in [0.29, 0.717) is 31.0 Å². The summed E-state index contributed by atoms with van der Waals surface area (Å²) in [5.74, 6) is 0.640. The van der Waals surface area contributed by atoms with E-state index in [0.717, 1.165) is 41.5 Å². The van der Waals surface area contributed by atoms with Crippen LogP contribution in [-0.2, 0) is 17.8 Å². The molecule has 2 unspecified atom stereocenters. The van der Waals surface area contributed by atoms with Gasteiger partial charge >= 0.3 is 0 Å². The highest BCUT2D eigenvalue weighted by molar-refractivity contribution is 7.09. The third-order valence-electron chi connectivity index (χ3n) is 7.16. The number of para-hydroxylation sites is 1. The standard InChI is InChI=1S/C29H30N6O2S/c1-20-8-5-11-22-16-25(29(36)30-26(20)22)27(28-31-32-33-35(28)17-21-9-3-2-4-10-21)34(18-23-12-6-14-37-23)19-24-13-7-15-38-24/h2-5,7-11,13,15-16,23,27H,6,12,14,17-19H2,1H3,(H,30,36). The number of tetrazole rings is 1. The summed E-state index contributed by atoms with van der Waals surface area (Å²) in [5.41, 5.74) is 3.47. The first-order chi connectivity index (χ1) is 18.7. The van der Waals surface area contributed by atoms with Crippen LogP contribution < -0.4 is 5.56 Å². The molecule has 8 nitrogen and oxygen atoms in total. The predicted molar refractivity (Wildman–Crippen MR) is 148 cm³/mol. The highest BCUT2D eigenvalue weighted by Crippen LogP contribution is 2.31. The molecule has 1 saturated heterocycles. The Hall–Kier alpha value is -3.66. The quantitative estimate of drug-likeness (QED) is 0.299. The average molecular weight is 527 g/mol. The molecule has 0 aliphatic carbocycles. The molecule has 9 heteroatoms. The van der Waals surface area contributed by atoms with E-state index in [2.05, 4.69) is 55.1 Å². The number of ether oxygens (including phenoxy) is 1. The van der Waals surface area contributed by atoms with E-state index in [-0.39, 0.29) is 11.7 Å². The Morgan fingerprint density at radius 3 is 2.84 bits per heavy atom. The van der Waals surface area contributed by atoms with E-state index in [1.165, 1.54) is 4.88 Å². The molecule has 0 bridgehead atoms. The molecule has 6 rings (SSSR count). The summed E-state index contributed by atoms with van der Waals surface area (Å²) >= 11 is 1.71. The number of aryl methyl sites for hydroxylation is 1. The van der Waals surface area contributed by atoms with Gasteiger partial charge in [0, 0.05) is 30.1 Å². The van der Waals surface area contributed by atoms with E-state index < -0.39 is 6.04 Å². The number of pyridine rings is 1. The first kappa shape index (κ1) is 24.7. The number of aromatic amines is 1. The lowest BCUT2D eigenvalue weighted by Crippen LogP contribution is -2.39. The summed E-state index contributed by atoms with van der Waals surface area (Å²) in [4.78, 5) is 20.4. The third-order valence-corrected chi connectivity index (χ3v) is 8.02. The number of rotatable bonds is 9. The van der Waals surface area contributed by atoms with Crippen LogP contribution in [0, 0.1) is 6.92 Å². The molecule has 0 amide bonds. The molecule has 38 heavy (non-hydrogen) atoms. The molecule has 0 radical (unpaired) electrons. The van der Waals surface area contributed by atoms with Gasteiger partial charge in [-0.15, -0.1) is 16.4 Å². The molecular formula is C29H30N6O2S. The summed E-state index contributed by atoms with van der Waals surface area (Å²) in [6.45, 7) is 4.62. The maximum Gasteiger partial charge on any atom is 0.253 e. The Balaban J connectivity index is 1.50. The van der Waals surface area contributed by atoms with Crippen LogP contribution in [0.25, 0.3) is 10.9 Å². The first-order valence-electron chi connectivity index (χ1n) is 13.0. The van der Waals surface area contributed by atoms with Crippen molar-refractivity contribution in [2.45, 2.75) is 45.0 Å². The van der Waals surface area contributed by atoms with Gasteiger partial charge in [-0.1, -0.05) is 54.6 Å². The number of benzene rings is 2. The molecular weight excluding hydrogens is 496 g/mol. The smallest absolute Gasteiger partial charge is 0.253 e. The van der Waals surface area contributed by atoms with E-state index >= 15 is 0 Å². The van der Waals surface area contributed by atoms with Crippen molar-refractivity contribution in [1.29, 1.82) is 0 Å². The van der Waals surface area contributed by atoms with Gasteiger partial charge in [-0.2, -0.15) is 0 Å². The Morgan fingerprint density at radius 2 is 2.05 bits per heavy atom. The fraction of sp³-hybridized carbons (Fsp3) is 0.310. The van der Waals surface area contributed by atoms with Gasteiger partial charge in [0.2, 0.25) is 0 Å². The second-order valence-corrected chi connectivity index (χ2v) is 10.9. The third kappa shape index (κ3) is 5.18. The fourth-order valence-electron chi connectivity index (χ4n) is 5.29. The number of aromatic nitrogens is 5. The topological polar surface area (TPSA) is 88.9 Å². The number of hydrogen-bond donors (Lipinski definition) is 1. The normalized spacial score (nSPS) is 16.4. The van der Waals surface area contributed by atoms with Gasteiger partial charge in [0.25, 0.3) is 5.56 Å². The monoisotopic (exact) mass is 526 g/mol. The number of fused-ring (bicyclic) bond motifs is 1. The Bertz CT molecular complexity index is 1560. The minimum Gasteiger partial charge on any atom is -0.377 e. The minimum atomic E-state index is -0.464. The molecule has 1 N–H and O–H groups in total. The van der Waals surface area contributed by atoms with E-state index in [9.17, 15) is 4.79 Å². The van der Waals surface area contributed by atoms with Crippen LogP contribution in [0.5, 0.6) is 0 Å². The van der Waals surface area contributed by atoms with Crippen LogP contribution in [-0.4, -0.2) is 49.3 Å². The zero-order valence-electron chi connectivity index (χ0n) is 21.3. The molecule has 194 valence electrons. The van der Waals surface area contributed by atoms with Crippen molar-refractivity contribution in [2.75, 3.05) is 13.2 Å².